The smallest absolute Gasteiger partial charge is 0.338 e. The van der Waals surface area contributed by atoms with E-state index in [1.165, 1.54) is 43.5 Å². The zero-order valence-corrected chi connectivity index (χ0v) is 17.2. The van der Waals surface area contributed by atoms with Crippen LogP contribution in [0.5, 0.6) is 0 Å². The Labute approximate surface area is 171 Å². The number of nitriles is 1. The number of carbonyl (C=O) groups excluding carboxylic acids is 2. The molecule has 2 aliphatic rings. The summed E-state index contributed by atoms with van der Waals surface area (Å²) >= 11 is 0. The molecule has 1 aliphatic carbocycles. The maximum absolute atomic E-state index is 12.6. The minimum Gasteiger partial charge on any atom is -0.452 e. The van der Waals surface area contributed by atoms with E-state index in [-0.39, 0.29) is 29.9 Å². The summed E-state index contributed by atoms with van der Waals surface area (Å²) in [5.74, 6) is -0.985. The SMILES string of the molecule is N#CCS(=O)(=O)Cc1ccc(C(=O)OCC(=O)N2CCC[C@@H]3CCCC[C@H]32)cc1. The van der Waals surface area contributed by atoms with Crippen LogP contribution < -0.4 is 0 Å². The van der Waals surface area contributed by atoms with Crippen molar-refractivity contribution in [2.45, 2.75) is 50.3 Å². The van der Waals surface area contributed by atoms with Gasteiger partial charge in [-0.2, -0.15) is 5.26 Å². The Morgan fingerprint density at radius 2 is 1.79 bits per heavy atom. The number of nitrogens with zero attached hydrogens (tertiary/aromatic N) is 2. The van der Waals surface area contributed by atoms with Gasteiger partial charge in [-0.25, -0.2) is 13.2 Å². The molecule has 1 saturated heterocycles. The summed E-state index contributed by atoms with van der Waals surface area (Å²) in [7, 11) is -3.49. The fraction of sp³-hybridized carbons (Fsp3) is 0.571. The van der Waals surface area contributed by atoms with Crippen molar-refractivity contribution in [3.8, 4) is 6.07 Å². The van der Waals surface area contributed by atoms with E-state index in [0.717, 1.165) is 25.8 Å². The van der Waals surface area contributed by atoms with Crippen molar-refractivity contribution in [1.82, 2.24) is 4.90 Å². The van der Waals surface area contributed by atoms with Crippen molar-refractivity contribution in [2.75, 3.05) is 18.9 Å². The van der Waals surface area contributed by atoms with Crippen LogP contribution in [0.25, 0.3) is 0 Å². The molecular formula is C21H26N2O5S. The topological polar surface area (TPSA) is 105 Å². The Morgan fingerprint density at radius 3 is 2.52 bits per heavy atom. The van der Waals surface area contributed by atoms with Crippen molar-refractivity contribution < 1.29 is 22.7 Å². The molecule has 8 heteroatoms. The number of fused-ring (bicyclic) bond motifs is 1. The van der Waals surface area contributed by atoms with Crippen LogP contribution in [-0.4, -0.2) is 50.1 Å². The molecule has 0 radical (unpaired) electrons. The molecule has 0 N–H and O–H groups in total. The highest BCUT2D eigenvalue weighted by Gasteiger charge is 2.35. The second kappa shape index (κ2) is 9.40. The van der Waals surface area contributed by atoms with E-state index < -0.39 is 21.6 Å². The predicted molar refractivity (Wildman–Crippen MR) is 107 cm³/mol. The molecule has 0 spiro atoms. The molecule has 1 aromatic carbocycles. The number of amides is 1. The van der Waals surface area contributed by atoms with Gasteiger partial charge in [-0.3, -0.25) is 4.79 Å². The van der Waals surface area contributed by atoms with Gasteiger partial charge >= 0.3 is 5.97 Å². The lowest BCUT2D eigenvalue weighted by Gasteiger charge is -2.44. The number of rotatable bonds is 6. The van der Waals surface area contributed by atoms with Gasteiger partial charge < -0.3 is 9.64 Å². The highest BCUT2D eigenvalue weighted by atomic mass is 32.2. The minimum absolute atomic E-state index is 0.144. The number of esters is 1. The third-order valence-corrected chi connectivity index (χ3v) is 7.09. The van der Waals surface area contributed by atoms with Crippen LogP contribution >= 0.6 is 0 Å². The molecule has 3 rings (SSSR count). The molecule has 7 nitrogen and oxygen atoms in total. The molecule has 1 amide bonds. The van der Waals surface area contributed by atoms with Crippen molar-refractivity contribution in [3.05, 3.63) is 35.4 Å². The normalized spacial score (nSPS) is 21.7. The monoisotopic (exact) mass is 418 g/mol. The fourth-order valence-corrected chi connectivity index (χ4v) is 5.37. The lowest BCUT2D eigenvalue weighted by Crippen LogP contribution is -2.50. The number of carbonyl (C=O) groups is 2. The maximum Gasteiger partial charge on any atom is 0.338 e. The molecule has 29 heavy (non-hydrogen) atoms. The highest BCUT2D eigenvalue weighted by molar-refractivity contribution is 7.90. The summed E-state index contributed by atoms with van der Waals surface area (Å²) in [6.07, 6.45) is 6.74. The van der Waals surface area contributed by atoms with E-state index in [0.29, 0.717) is 11.5 Å². The van der Waals surface area contributed by atoms with E-state index in [1.807, 2.05) is 4.90 Å². The van der Waals surface area contributed by atoms with Gasteiger partial charge in [-0.15, -0.1) is 0 Å². The number of likely N-dealkylation sites (tertiary alicyclic amines) is 1. The number of piperidine rings is 1. The first-order valence-corrected chi connectivity index (χ1v) is 11.8. The molecule has 156 valence electrons. The van der Waals surface area contributed by atoms with Crippen LogP contribution in [-0.2, 0) is 25.1 Å². The van der Waals surface area contributed by atoms with Gasteiger partial charge in [0.2, 0.25) is 0 Å². The number of sulfone groups is 1. The van der Waals surface area contributed by atoms with Gasteiger partial charge in [0.1, 0.15) is 5.75 Å². The maximum atomic E-state index is 12.6. The average Bonchev–Trinajstić information content (AvgIpc) is 2.71. The van der Waals surface area contributed by atoms with Crippen molar-refractivity contribution >= 4 is 21.7 Å². The first-order valence-electron chi connectivity index (χ1n) is 10.0. The molecule has 0 bridgehead atoms. The summed E-state index contributed by atoms with van der Waals surface area (Å²) in [6, 6.07) is 7.89. The molecule has 2 fully saturated rings. The Bertz CT molecular complexity index is 887. The van der Waals surface area contributed by atoms with Crippen LogP contribution in [0.1, 0.15) is 54.4 Å². The van der Waals surface area contributed by atoms with Gasteiger partial charge in [-0.1, -0.05) is 25.0 Å². The summed E-state index contributed by atoms with van der Waals surface area (Å²) in [4.78, 5) is 26.8. The minimum atomic E-state index is -3.49. The third-order valence-electron chi connectivity index (χ3n) is 5.75. The first kappa shape index (κ1) is 21.3. The molecule has 1 saturated carbocycles. The van der Waals surface area contributed by atoms with Crippen LogP contribution in [0.2, 0.25) is 0 Å². The Hall–Kier alpha value is -2.40. The zero-order valence-electron chi connectivity index (χ0n) is 16.4. The Balaban J connectivity index is 1.53. The summed E-state index contributed by atoms with van der Waals surface area (Å²) in [6.45, 7) is 0.448. The van der Waals surface area contributed by atoms with E-state index in [9.17, 15) is 18.0 Å². The van der Waals surface area contributed by atoms with Gasteiger partial charge in [0.05, 0.1) is 17.4 Å². The van der Waals surface area contributed by atoms with Gasteiger partial charge in [-0.05, 0) is 49.3 Å². The van der Waals surface area contributed by atoms with Crippen LogP contribution in [0.3, 0.4) is 0 Å². The van der Waals surface area contributed by atoms with E-state index in [1.54, 1.807) is 6.07 Å². The fourth-order valence-electron chi connectivity index (χ4n) is 4.37. The summed E-state index contributed by atoms with van der Waals surface area (Å²) in [5.41, 5.74) is 0.748. The van der Waals surface area contributed by atoms with Crippen LogP contribution in [0.4, 0.5) is 0 Å². The van der Waals surface area contributed by atoms with E-state index >= 15 is 0 Å². The van der Waals surface area contributed by atoms with E-state index in [2.05, 4.69) is 0 Å². The lowest BCUT2D eigenvalue weighted by atomic mass is 9.78. The van der Waals surface area contributed by atoms with Crippen molar-refractivity contribution in [1.29, 1.82) is 5.26 Å². The molecular weight excluding hydrogens is 392 g/mol. The standard InChI is InChI=1S/C21H26N2O5S/c22-11-13-29(26,27)15-16-7-9-18(10-8-16)21(25)28-14-20(24)23-12-3-5-17-4-1-2-6-19(17)23/h7-10,17,19H,1-6,12-15H2/t17-,19+/m0/s1. The first-order chi connectivity index (χ1) is 13.9. The average molecular weight is 419 g/mol. The quantitative estimate of drug-likeness (QED) is 0.657. The number of hydrogen-bond acceptors (Lipinski definition) is 6. The predicted octanol–water partition coefficient (Wildman–Crippen LogP) is 2.46. The van der Waals surface area contributed by atoms with Gasteiger partial charge in [0.15, 0.2) is 16.4 Å². The Morgan fingerprint density at radius 1 is 1.10 bits per heavy atom. The van der Waals surface area contributed by atoms with Crippen molar-refractivity contribution in [2.24, 2.45) is 5.92 Å². The third kappa shape index (κ3) is 5.57. The number of ether oxygens (including phenoxy) is 1. The second-order valence-electron chi connectivity index (χ2n) is 7.80. The molecule has 1 aliphatic heterocycles. The molecule has 1 aromatic rings. The van der Waals surface area contributed by atoms with Crippen LogP contribution in [0.15, 0.2) is 24.3 Å². The van der Waals surface area contributed by atoms with E-state index in [4.69, 9.17) is 10.00 Å². The molecule has 0 unspecified atom stereocenters. The molecule has 0 aromatic heterocycles. The van der Waals surface area contributed by atoms with Crippen molar-refractivity contribution in [3.63, 3.8) is 0 Å². The van der Waals surface area contributed by atoms with Gasteiger partial charge in [0, 0.05) is 12.6 Å². The number of hydrogen-bond donors (Lipinski definition) is 0. The second-order valence-corrected chi connectivity index (χ2v) is 9.87. The lowest BCUT2D eigenvalue weighted by molar-refractivity contribution is -0.140. The Kier molecular flexibility index (Phi) is 6.91. The molecule has 2 atom stereocenters. The number of benzene rings is 1. The van der Waals surface area contributed by atoms with Gasteiger partial charge in [0.25, 0.3) is 5.91 Å². The molecule has 1 heterocycles. The summed E-state index contributed by atoms with van der Waals surface area (Å²) < 4.78 is 28.6. The highest BCUT2D eigenvalue weighted by Crippen LogP contribution is 2.35. The largest absolute Gasteiger partial charge is 0.452 e. The summed E-state index contributed by atoms with van der Waals surface area (Å²) in [5, 5.41) is 8.54. The zero-order chi connectivity index (χ0) is 20.9. The van der Waals surface area contributed by atoms with Crippen LogP contribution in [0, 0.1) is 17.2 Å².